The number of ether oxygens (including phenoxy) is 1. The lowest BCUT2D eigenvalue weighted by molar-refractivity contribution is -0.515. The fraction of sp³-hybridized carbons (Fsp3) is 0.857. The normalized spacial score (nSPS) is 11.8. The summed E-state index contributed by atoms with van der Waals surface area (Å²) in [6.45, 7) is 8.31. The van der Waals surface area contributed by atoms with Gasteiger partial charge in [-0.25, -0.2) is 9.59 Å². The molecule has 0 heterocycles. The van der Waals surface area contributed by atoms with Gasteiger partial charge in [-0.3, -0.25) is 4.89 Å². The minimum Gasteiger partial charge on any atom is -0.463 e. The molecule has 0 aliphatic carbocycles. The molecule has 6 heteroatoms. The first kappa shape index (κ1) is 32.6. The van der Waals surface area contributed by atoms with E-state index < -0.39 is 17.5 Å². The standard InChI is InChI=1S/C28H52O6/c1-5-7-8-9-10-11-12-13-14-15-16-17-18-19-20-21-25-31-26(29)22-23-27(30)32-34-33-28(3,4)24-6-2/h22-23H,5-21,24-25H2,1-4H3/b23-22+. The van der Waals surface area contributed by atoms with Gasteiger partial charge in [-0.1, -0.05) is 117 Å². The molecule has 0 aromatic heterocycles. The third kappa shape index (κ3) is 23.7. The van der Waals surface area contributed by atoms with Gasteiger partial charge in [-0.05, 0) is 31.7 Å². The number of rotatable bonds is 24. The summed E-state index contributed by atoms with van der Waals surface area (Å²) in [6.07, 6.45) is 24.5. The molecule has 0 unspecified atom stereocenters. The first-order valence-corrected chi connectivity index (χ1v) is 13.8. The second-order valence-electron chi connectivity index (χ2n) is 9.87. The number of unbranched alkanes of at least 4 members (excludes halogenated alkanes) is 15. The number of carbonyl (C=O) groups excluding carboxylic acids is 2. The Morgan fingerprint density at radius 1 is 0.618 bits per heavy atom. The maximum Gasteiger partial charge on any atom is 0.369 e. The Morgan fingerprint density at radius 2 is 1.06 bits per heavy atom. The van der Waals surface area contributed by atoms with Crippen molar-refractivity contribution in [2.45, 2.75) is 149 Å². The molecule has 0 saturated heterocycles. The molecule has 0 aliphatic rings. The molecule has 0 saturated carbocycles. The number of hydrogen-bond donors (Lipinski definition) is 0. The second kappa shape index (κ2) is 23.3. The van der Waals surface area contributed by atoms with Gasteiger partial charge >= 0.3 is 11.9 Å². The van der Waals surface area contributed by atoms with E-state index in [2.05, 4.69) is 16.8 Å². The van der Waals surface area contributed by atoms with Crippen molar-refractivity contribution >= 4 is 11.9 Å². The molecule has 200 valence electrons. The lowest BCUT2D eigenvalue weighted by Gasteiger charge is -2.20. The van der Waals surface area contributed by atoms with Gasteiger partial charge in [0, 0.05) is 12.2 Å². The molecule has 0 radical (unpaired) electrons. The highest BCUT2D eigenvalue weighted by Gasteiger charge is 2.20. The molecule has 0 bridgehead atoms. The predicted molar refractivity (Wildman–Crippen MR) is 137 cm³/mol. The molecule has 0 aromatic carbocycles. The van der Waals surface area contributed by atoms with Crippen molar-refractivity contribution in [2.75, 3.05) is 6.61 Å². The SMILES string of the molecule is CCCCCCCCCCCCCCCCCCOC(=O)/C=C/C(=O)OOOC(C)(C)CCC. The summed E-state index contributed by atoms with van der Waals surface area (Å²) in [5, 5.41) is 4.49. The van der Waals surface area contributed by atoms with E-state index in [1.807, 2.05) is 20.8 Å². The molecule has 0 amide bonds. The van der Waals surface area contributed by atoms with Crippen molar-refractivity contribution < 1.29 is 29.1 Å². The highest BCUT2D eigenvalue weighted by molar-refractivity contribution is 5.91. The van der Waals surface area contributed by atoms with Crippen LogP contribution in [0.25, 0.3) is 0 Å². The van der Waals surface area contributed by atoms with Crippen molar-refractivity contribution in [3.05, 3.63) is 12.2 Å². The van der Waals surface area contributed by atoms with Crippen LogP contribution in [0.15, 0.2) is 12.2 Å². The van der Waals surface area contributed by atoms with Crippen LogP contribution in [0.3, 0.4) is 0 Å². The lowest BCUT2D eigenvalue weighted by atomic mass is 10.0. The van der Waals surface area contributed by atoms with E-state index in [-0.39, 0.29) is 0 Å². The molecule has 0 spiro atoms. The largest absolute Gasteiger partial charge is 0.463 e. The van der Waals surface area contributed by atoms with Crippen LogP contribution in [-0.4, -0.2) is 24.1 Å². The molecule has 0 fully saturated rings. The van der Waals surface area contributed by atoms with Crippen molar-refractivity contribution in [3.8, 4) is 0 Å². The Kier molecular flexibility index (Phi) is 22.4. The van der Waals surface area contributed by atoms with Gasteiger partial charge in [0.2, 0.25) is 0 Å². The number of esters is 1. The molecule has 0 N–H and O–H groups in total. The van der Waals surface area contributed by atoms with Gasteiger partial charge in [0.25, 0.3) is 0 Å². The third-order valence-electron chi connectivity index (χ3n) is 5.83. The molecular formula is C28H52O6. The van der Waals surface area contributed by atoms with E-state index in [4.69, 9.17) is 9.62 Å². The topological polar surface area (TPSA) is 71.1 Å². The quantitative estimate of drug-likeness (QED) is 0.0451. The van der Waals surface area contributed by atoms with E-state index in [1.165, 1.54) is 89.9 Å². The van der Waals surface area contributed by atoms with Crippen LogP contribution in [0.1, 0.15) is 143 Å². The zero-order valence-electron chi connectivity index (χ0n) is 22.5. The highest BCUT2D eigenvalue weighted by Crippen LogP contribution is 2.17. The van der Waals surface area contributed by atoms with Crippen molar-refractivity contribution in [1.82, 2.24) is 0 Å². The predicted octanol–water partition coefficient (Wildman–Crippen LogP) is 8.33. The highest BCUT2D eigenvalue weighted by atomic mass is 17.5. The van der Waals surface area contributed by atoms with Crippen LogP contribution >= 0.6 is 0 Å². The van der Waals surface area contributed by atoms with Crippen molar-refractivity contribution in [2.24, 2.45) is 0 Å². The summed E-state index contributed by atoms with van der Waals surface area (Å²) in [5.41, 5.74) is -0.551. The molecule has 0 rings (SSSR count). The summed E-state index contributed by atoms with van der Waals surface area (Å²) in [6, 6.07) is 0. The van der Waals surface area contributed by atoms with Crippen LogP contribution in [-0.2, 0) is 29.1 Å². The van der Waals surface area contributed by atoms with Gasteiger partial charge in [-0.15, -0.1) is 0 Å². The Labute approximate surface area is 209 Å². The number of hydrogen-bond acceptors (Lipinski definition) is 6. The first-order valence-electron chi connectivity index (χ1n) is 13.8. The molecule has 34 heavy (non-hydrogen) atoms. The summed E-state index contributed by atoms with van der Waals surface area (Å²) in [4.78, 5) is 32.6. The fourth-order valence-corrected chi connectivity index (χ4v) is 3.82. The van der Waals surface area contributed by atoms with Gasteiger partial charge in [0.15, 0.2) is 0 Å². The maximum absolute atomic E-state index is 11.6. The fourth-order valence-electron chi connectivity index (χ4n) is 3.82. The van der Waals surface area contributed by atoms with E-state index >= 15 is 0 Å². The van der Waals surface area contributed by atoms with Crippen LogP contribution in [0.5, 0.6) is 0 Å². The Bertz CT molecular complexity index is 515. The summed E-state index contributed by atoms with van der Waals surface area (Å²) in [7, 11) is 0. The summed E-state index contributed by atoms with van der Waals surface area (Å²) >= 11 is 0. The number of carbonyl (C=O) groups is 2. The van der Waals surface area contributed by atoms with Gasteiger partial charge in [-0.2, -0.15) is 4.89 Å². The molecule has 6 nitrogen and oxygen atoms in total. The monoisotopic (exact) mass is 484 g/mol. The van der Waals surface area contributed by atoms with Gasteiger partial charge in [0.05, 0.1) is 6.61 Å². The maximum atomic E-state index is 11.6. The Morgan fingerprint density at radius 3 is 1.53 bits per heavy atom. The van der Waals surface area contributed by atoms with Gasteiger partial charge in [0.1, 0.15) is 5.60 Å². The molecule has 0 aliphatic heterocycles. The van der Waals surface area contributed by atoms with Crippen LogP contribution in [0.4, 0.5) is 0 Å². The zero-order valence-corrected chi connectivity index (χ0v) is 22.5. The lowest BCUT2D eigenvalue weighted by Crippen LogP contribution is -2.24. The van der Waals surface area contributed by atoms with E-state index in [0.717, 1.165) is 37.8 Å². The first-order chi connectivity index (χ1) is 16.4. The van der Waals surface area contributed by atoms with Crippen LogP contribution < -0.4 is 0 Å². The Balaban J connectivity index is 3.43. The minimum atomic E-state index is -0.827. The van der Waals surface area contributed by atoms with Gasteiger partial charge < -0.3 is 4.74 Å². The smallest absolute Gasteiger partial charge is 0.369 e. The van der Waals surface area contributed by atoms with E-state index in [9.17, 15) is 9.59 Å². The summed E-state index contributed by atoms with van der Waals surface area (Å²) < 4.78 is 5.10. The second-order valence-corrected chi connectivity index (χ2v) is 9.87. The zero-order chi connectivity index (χ0) is 25.3. The minimum absolute atomic E-state index is 0.363. The van der Waals surface area contributed by atoms with Crippen molar-refractivity contribution in [1.29, 1.82) is 0 Å². The van der Waals surface area contributed by atoms with Crippen molar-refractivity contribution in [3.63, 3.8) is 0 Å². The summed E-state index contributed by atoms with van der Waals surface area (Å²) in [5.74, 6) is -1.39. The molecular weight excluding hydrogens is 432 g/mol. The average molecular weight is 485 g/mol. The average Bonchev–Trinajstić information content (AvgIpc) is 2.79. The Hall–Kier alpha value is -1.40. The van der Waals surface area contributed by atoms with E-state index in [0.29, 0.717) is 6.61 Å². The van der Waals surface area contributed by atoms with E-state index in [1.54, 1.807) is 0 Å². The van der Waals surface area contributed by atoms with Crippen LogP contribution in [0.2, 0.25) is 0 Å². The third-order valence-corrected chi connectivity index (χ3v) is 5.83. The van der Waals surface area contributed by atoms with Crippen LogP contribution in [0, 0.1) is 0 Å². The molecule has 0 aromatic rings. The molecule has 0 atom stereocenters.